The number of methoxy groups -OCH3 is 1. The fourth-order valence-electron chi connectivity index (χ4n) is 1.38. The van der Waals surface area contributed by atoms with Gasteiger partial charge in [-0.2, -0.15) is 0 Å². The minimum absolute atomic E-state index is 0.569. The van der Waals surface area contributed by atoms with Crippen LogP contribution < -0.4 is 10.5 Å². The molecule has 0 bridgehead atoms. The van der Waals surface area contributed by atoms with E-state index >= 15 is 0 Å². The van der Waals surface area contributed by atoms with Crippen molar-refractivity contribution in [2.24, 2.45) is 11.1 Å². The summed E-state index contributed by atoms with van der Waals surface area (Å²) in [4.78, 5) is 11.1. The van der Waals surface area contributed by atoms with Crippen LogP contribution in [0.5, 0.6) is 5.75 Å². The predicted octanol–water partition coefficient (Wildman–Crippen LogP) is 1.81. The molecule has 88 valence electrons. The fourth-order valence-corrected chi connectivity index (χ4v) is 1.38. The molecule has 0 aromatic heterocycles. The maximum atomic E-state index is 11.1. The monoisotopic (exact) mass is 223 g/mol. The Labute approximate surface area is 95.0 Å². The first-order chi connectivity index (χ1) is 7.39. The number of hydrogen-bond acceptors (Lipinski definition) is 3. The smallest absolute Gasteiger partial charge is 0.311 e. The van der Waals surface area contributed by atoms with Crippen molar-refractivity contribution in [3.63, 3.8) is 0 Å². The van der Waals surface area contributed by atoms with Gasteiger partial charge in [0, 0.05) is 6.04 Å². The lowest BCUT2D eigenvalue weighted by Crippen LogP contribution is -2.36. The molecule has 0 aliphatic carbocycles. The Hall–Kier alpha value is -1.55. The first kappa shape index (κ1) is 12.5. The number of carboxylic acid groups (broad SMARTS) is 1. The lowest BCUT2D eigenvalue weighted by atomic mass is 9.81. The van der Waals surface area contributed by atoms with Crippen molar-refractivity contribution in [3.05, 3.63) is 29.8 Å². The number of carbonyl (C=O) groups is 1. The summed E-state index contributed by atoms with van der Waals surface area (Å²) < 4.78 is 5.08. The zero-order chi connectivity index (χ0) is 12.3. The highest BCUT2D eigenvalue weighted by molar-refractivity contribution is 5.75. The molecule has 0 saturated heterocycles. The number of carboxylic acids is 1. The first-order valence-electron chi connectivity index (χ1n) is 5.02. The van der Waals surface area contributed by atoms with E-state index < -0.39 is 17.4 Å². The van der Waals surface area contributed by atoms with Gasteiger partial charge < -0.3 is 15.6 Å². The van der Waals surface area contributed by atoms with Crippen molar-refractivity contribution in [1.82, 2.24) is 0 Å². The molecule has 0 aliphatic rings. The maximum absolute atomic E-state index is 11.1. The molecule has 0 aliphatic heterocycles. The first-order valence-corrected chi connectivity index (χ1v) is 5.02. The van der Waals surface area contributed by atoms with Gasteiger partial charge in [0.05, 0.1) is 12.5 Å². The fraction of sp³-hybridized carbons (Fsp3) is 0.417. The highest BCUT2D eigenvalue weighted by Crippen LogP contribution is 2.32. The number of aliphatic carboxylic acids is 1. The molecule has 1 atom stereocenters. The second-order valence-electron chi connectivity index (χ2n) is 4.28. The molecule has 4 nitrogen and oxygen atoms in total. The standard InChI is InChI=1S/C12H17NO3/c1-12(2,11(14)15)10(13)8-5-4-6-9(7-8)16-3/h4-7,10H,13H2,1-3H3,(H,14,15). The second kappa shape index (κ2) is 4.53. The van der Waals surface area contributed by atoms with Gasteiger partial charge in [-0.3, -0.25) is 4.79 Å². The van der Waals surface area contributed by atoms with Crippen LogP contribution in [0.4, 0.5) is 0 Å². The third kappa shape index (κ3) is 2.33. The van der Waals surface area contributed by atoms with Crippen LogP contribution in [0.1, 0.15) is 25.5 Å². The zero-order valence-corrected chi connectivity index (χ0v) is 9.73. The Morgan fingerprint density at radius 2 is 2.12 bits per heavy atom. The molecule has 1 rings (SSSR count). The van der Waals surface area contributed by atoms with Gasteiger partial charge in [-0.05, 0) is 31.5 Å². The second-order valence-corrected chi connectivity index (χ2v) is 4.28. The number of hydrogen-bond donors (Lipinski definition) is 2. The van der Waals surface area contributed by atoms with Gasteiger partial charge >= 0.3 is 5.97 Å². The summed E-state index contributed by atoms with van der Waals surface area (Å²) in [6.07, 6.45) is 0. The maximum Gasteiger partial charge on any atom is 0.311 e. The third-order valence-corrected chi connectivity index (χ3v) is 2.78. The van der Waals surface area contributed by atoms with E-state index in [1.165, 1.54) is 0 Å². The van der Waals surface area contributed by atoms with E-state index in [0.717, 1.165) is 5.56 Å². The third-order valence-electron chi connectivity index (χ3n) is 2.78. The van der Waals surface area contributed by atoms with E-state index in [9.17, 15) is 4.79 Å². The summed E-state index contributed by atoms with van der Waals surface area (Å²) in [6.45, 7) is 3.22. The zero-order valence-electron chi connectivity index (χ0n) is 9.73. The molecule has 0 radical (unpaired) electrons. The Morgan fingerprint density at radius 1 is 1.50 bits per heavy atom. The van der Waals surface area contributed by atoms with Crippen LogP contribution in [0, 0.1) is 5.41 Å². The molecular formula is C12H17NO3. The number of benzene rings is 1. The Kier molecular flexibility index (Phi) is 3.55. The van der Waals surface area contributed by atoms with Crippen molar-refractivity contribution in [2.45, 2.75) is 19.9 Å². The summed E-state index contributed by atoms with van der Waals surface area (Å²) in [6, 6.07) is 6.59. The van der Waals surface area contributed by atoms with Crippen LogP contribution in [0.2, 0.25) is 0 Å². The van der Waals surface area contributed by atoms with Crippen LogP contribution in [0.15, 0.2) is 24.3 Å². The van der Waals surface area contributed by atoms with Gasteiger partial charge in [0.2, 0.25) is 0 Å². The van der Waals surface area contributed by atoms with Crippen molar-refractivity contribution in [2.75, 3.05) is 7.11 Å². The van der Waals surface area contributed by atoms with Gasteiger partial charge in [-0.25, -0.2) is 0 Å². The highest BCUT2D eigenvalue weighted by Gasteiger charge is 2.35. The average molecular weight is 223 g/mol. The molecule has 0 heterocycles. The van der Waals surface area contributed by atoms with Crippen LogP contribution in [-0.4, -0.2) is 18.2 Å². The molecule has 1 aromatic rings. The van der Waals surface area contributed by atoms with E-state index in [4.69, 9.17) is 15.6 Å². The molecule has 1 unspecified atom stereocenters. The minimum Gasteiger partial charge on any atom is -0.497 e. The van der Waals surface area contributed by atoms with E-state index in [2.05, 4.69) is 0 Å². The normalized spacial score (nSPS) is 13.2. The van der Waals surface area contributed by atoms with Crippen LogP contribution >= 0.6 is 0 Å². The predicted molar refractivity (Wildman–Crippen MR) is 61.3 cm³/mol. The molecule has 0 fully saturated rings. The van der Waals surface area contributed by atoms with E-state index in [-0.39, 0.29) is 0 Å². The molecule has 0 spiro atoms. The molecule has 3 N–H and O–H groups in total. The van der Waals surface area contributed by atoms with E-state index in [0.29, 0.717) is 5.75 Å². The van der Waals surface area contributed by atoms with E-state index in [1.54, 1.807) is 45.2 Å². The summed E-state index contributed by atoms with van der Waals surface area (Å²) in [5, 5.41) is 9.09. The SMILES string of the molecule is COc1cccc(C(N)C(C)(C)C(=O)O)c1. The Balaban J connectivity index is 3.04. The average Bonchev–Trinajstić information content (AvgIpc) is 2.27. The molecule has 1 aromatic carbocycles. The van der Waals surface area contributed by atoms with Gasteiger partial charge in [0.1, 0.15) is 5.75 Å². The van der Waals surface area contributed by atoms with Gasteiger partial charge in [-0.15, -0.1) is 0 Å². The van der Waals surface area contributed by atoms with Crippen molar-refractivity contribution in [3.8, 4) is 5.75 Å². The molecule has 4 heteroatoms. The molecule has 16 heavy (non-hydrogen) atoms. The Morgan fingerprint density at radius 3 is 2.62 bits per heavy atom. The lowest BCUT2D eigenvalue weighted by Gasteiger charge is -2.27. The van der Waals surface area contributed by atoms with Crippen LogP contribution in [0.3, 0.4) is 0 Å². The van der Waals surface area contributed by atoms with Crippen molar-refractivity contribution >= 4 is 5.97 Å². The van der Waals surface area contributed by atoms with E-state index in [1.807, 2.05) is 0 Å². The summed E-state index contributed by atoms with van der Waals surface area (Å²) in [5.74, 6) is -0.239. The number of nitrogens with two attached hydrogens (primary N) is 1. The Bertz CT molecular complexity index is 388. The number of ether oxygens (including phenoxy) is 1. The highest BCUT2D eigenvalue weighted by atomic mass is 16.5. The summed E-state index contributed by atoms with van der Waals surface area (Å²) in [7, 11) is 1.56. The van der Waals surface area contributed by atoms with Gasteiger partial charge in [0.25, 0.3) is 0 Å². The van der Waals surface area contributed by atoms with Crippen LogP contribution in [-0.2, 0) is 4.79 Å². The quantitative estimate of drug-likeness (QED) is 0.816. The number of rotatable bonds is 4. The summed E-state index contributed by atoms with van der Waals surface area (Å²) in [5.41, 5.74) is 5.71. The summed E-state index contributed by atoms with van der Waals surface area (Å²) >= 11 is 0. The molecular weight excluding hydrogens is 206 g/mol. The molecule has 0 saturated carbocycles. The van der Waals surface area contributed by atoms with Crippen molar-refractivity contribution in [1.29, 1.82) is 0 Å². The largest absolute Gasteiger partial charge is 0.497 e. The van der Waals surface area contributed by atoms with Crippen LogP contribution in [0.25, 0.3) is 0 Å². The van der Waals surface area contributed by atoms with Gasteiger partial charge in [-0.1, -0.05) is 12.1 Å². The van der Waals surface area contributed by atoms with Gasteiger partial charge in [0.15, 0.2) is 0 Å². The minimum atomic E-state index is -1.01. The lowest BCUT2D eigenvalue weighted by molar-refractivity contribution is -0.148. The van der Waals surface area contributed by atoms with Crippen molar-refractivity contribution < 1.29 is 14.6 Å². The molecule has 0 amide bonds. The topological polar surface area (TPSA) is 72.5 Å².